The Labute approximate surface area is 80.3 Å². The van der Waals surface area contributed by atoms with Gasteiger partial charge in [-0.1, -0.05) is 35.4 Å². The van der Waals surface area contributed by atoms with Crippen molar-refractivity contribution < 1.29 is 0 Å². The quantitative estimate of drug-likeness (QED) is 0.525. The van der Waals surface area contributed by atoms with Crippen molar-refractivity contribution in [3.63, 3.8) is 0 Å². The Morgan fingerprint density at radius 3 is 2.38 bits per heavy atom. The van der Waals surface area contributed by atoms with E-state index in [0.717, 1.165) is 0 Å². The highest BCUT2D eigenvalue weighted by Crippen LogP contribution is 2.26. The molecule has 1 aliphatic rings. The number of rotatable bonds is 0. The van der Waals surface area contributed by atoms with Gasteiger partial charge in [-0.15, -0.1) is 0 Å². The first-order valence-corrected chi connectivity index (χ1v) is 4.99. The summed E-state index contributed by atoms with van der Waals surface area (Å²) >= 11 is 0. The van der Waals surface area contributed by atoms with E-state index in [1.807, 2.05) is 0 Å². The molecule has 0 heteroatoms. The second-order valence-electron chi connectivity index (χ2n) is 4.05. The Balaban J connectivity index is 2.35. The molecule has 0 bridgehead atoms. The average Bonchev–Trinajstić information content (AvgIpc) is 2.17. The molecule has 0 radical (unpaired) electrons. The molecule has 0 N–H and O–H groups in total. The normalized spacial score (nSPS) is 15.4. The minimum atomic E-state index is 1.18. The van der Waals surface area contributed by atoms with Crippen LogP contribution in [-0.2, 0) is 12.8 Å². The summed E-state index contributed by atoms with van der Waals surface area (Å²) in [6.45, 7) is 4.45. The maximum absolute atomic E-state index is 2.26. The van der Waals surface area contributed by atoms with Crippen LogP contribution in [-0.4, -0.2) is 0 Å². The second-order valence-corrected chi connectivity index (χ2v) is 4.05. The average molecular weight is 172 g/mol. The third-order valence-corrected chi connectivity index (χ3v) is 2.93. The summed E-state index contributed by atoms with van der Waals surface area (Å²) < 4.78 is 0. The molecule has 0 heterocycles. The largest absolute Gasteiger partial charge is 0.0769 e. The van der Waals surface area contributed by atoms with E-state index >= 15 is 0 Å². The zero-order valence-electron chi connectivity index (χ0n) is 8.43. The van der Waals surface area contributed by atoms with E-state index in [-0.39, 0.29) is 0 Å². The minimum absolute atomic E-state index is 1.18. The minimum Gasteiger partial charge on any atom is -0.0769 e. The van der Waals surface area contributed by atoms with Gasteiger partial charge in [0.1, 0.15) is 0 Å². The molecule has 0 unspecified atom stereocenters. The Bertz CT molecular complexity index is 341. The maximum Gasteiger partial charge on any atom is -0.00618 e. The lowest BCUT2D eigenvalue weighted by Crippen LogP contribution is -2.06. The van der Waals surface area contributed by atoms with Gasteiger partial charge in [0, 0.05) is 0 Å². The van der Waals surface area contributed by atoms with Gasteiger partial charge in [-0.3, -0.25) is 0 Å². The van der Waals surface area contributed by atoms with Gasteiger partial charge in [0.25, 0.3) is 0 Å². The summed E-state index contributed by atoms with van der Waals surface area (Å²) in [5.74, 6) is 0. The molecule has 0 saturated heterocycles. The molecule has 0 aromatic heterocycles. The van der Waals surface area contributed by atoms with Crippen LogP contribution in [0, 0.1) is 0 Å². The van der Waals surface area contributed by atoms with Crippen LogP contribution >= 0.6 is 0 Å². The smallest absolute Gasteiger partial charge is 0.00618 e. The molecule has 1 aromatic carbocycles. The van der Waals surface area contributed by atoms with Gasteiger partial charge in [0.05, 0.1) is 0 Å². The first kappa shape index (κ1) is 8.55. The molecule has 13 heavy (non-hydrogen) atoms. The maximum atomic E-state index is 2.26. The Hall–Kier alpha value is -1.04. The lowest BCUT2D eigenvalue weighted by molar-refractivity contribution is 0.820. The summed E-state index contributed by atoms with van der Waals surface area (Å²) in [5, 5.41) is 0. The van der Waals surface area contributed by atoms with Gasteiger partial charge in [0.2, 0.25) is 0 Å². The van der Waals surface area contributed by atoms with E-state index in [4.69, 9.17) is 0 Å². The summed E-state index contributed by atoms with van der Waals surface area (Å²) in [7, 11) is 0. The predicted molar refractivity (Wildman–Crippen MR) is 56.8 cm³/mol. The molecule has 0 amide bonds. The van der Waals surface area contributed by atoms with Crippen LogP contribution in [0.1, 0.15) is 31.4 Å². The Morgan fingerprint density at radius 1 is 1.00 bits per heavy atom. The van der Waals surface area contributed by atoms with Gasteiger partial charge in [-0.2, -0.15) is 0 Å². The Kier molecular flexibility index (Phi) is 2.22. The first-order valence-electron chi connectivity index (χ1n) is 4.99. The van der Waals surface area contributed by atoms with Crippen molar-refractivity contribution >= 4 is 0 Å². The molecule has 0 nitrogen and oxygen atoms in total. The van der Waals surface area contributed by atoms with Crippen molar-refractivity contribution in [3.8, 4) is 0 Å². The Morgan fingerprint density at radius 2 is 1.69 bits per heavy atom. The van der Waals surface area contributed by atoms with Crippen LogP contribution in [0.15, 0.2) is 35.4 Å². The number of aryl methyl sites for hydroxylation is 1. The number of hydrogen-bond donors (Lipinski definition) is 0. The summed E-state index contributed by atoms with van der Waals surface area (Å²) in [6, 6.07) is 8.81. The van der Waals surface area contributed by atoms with Gasteiger partial charge in [-0.05, 0) is 44.2 Å². The van der Waals surface area contributed by atoms with Gasteiger partial charge < -0.3 is 0 Å². The molecule has 0 spiro atoms. The predicted octanol–water partition coefficient (Wildman–Crippen LogP) is 3.51. The van der Waals surface area contributed by atoms with E-state index < -0.39 is 0 Å². The van der Waals surface area contributed by atoms with Crippen molar-refractivity contribution in [2.24, 2.45) is 0 Å². The summed E-state index contributed by atoms with van der Waals surface area (Å²) in [6.07, 6.45) is 3.68. The fraction of sp³-hybridized carbons (Fsp3) is 0.385. The fourth-order valence-electron chi connectivity index (χ4n) is 2.00. The standard InChI is InChI=1S/C13H16/c1-10(2)12-8-7-11-5-3-4-6-13(11)9-12/h3-6H,7-9H2,1-2H3. The second kappa shape index (κ2) is 3.37. The number of benzene rings is 1. The zero-order chi connectivity index (χ0) is 9.26. The van der Waals surface area contributed by atoms with Crippen LogP contribution in [0.3, 0.4) is 0 Å². The molecular formula is C13H16. The number of allylic oxidation sites excluding steroid dienone is 2. The molecule has 68 valence electrons. The highest BCUT2D eigenvalue weighted by atomic mass is 14.2. The fourth-order valence-corrected chi connectivity index (χ4v) is 2.00. The van der Waals surface area contributed by atoms with E-state index in [9.17, 15) is 0 Å². The van der Waals surface area contributed by atoms with Gasteiger partial charge >= 0.3 is 0 Å². The molecule has 1 aliphatic carbocycles. The van der Waals surface area contributed by atoms with E-state index in [0.29, 0.717) is 0 Å². The van der Waals surface area contributed by atoms with Crippen LogP contribution < -0.4 is 0 Å². The summed E-state index contributed by atoms with van der Waals surface area (Å²) in [5.41, 5.74) is 6.23. The SMILES string of the molecule is CC(C)=C1CCc2ccccc2C1. The first-order chi connectivity index (χ1) is 6.27. The monoisotopic (exact) mass is 172 g/mol. The van der Waals surface area contributed by atoms with Crippen LogP contribution in [0.2, 0.25) is 0 Å². The number of hydrogen-bond acceptors (Lipinski definition) is 0. The van der Waals surface area contributed by atoms with Gasteiger partial charge in [0.15, 0.2) is 0 Å². The lowest BCUT2D eigenvalue weighted by atomic mass is 9.86. The lowest BCUT2D eigenvalue weighted by Gasteiger charge is -2.19. The molecular weight excluding hydrogens is 156 g/mol. The van der Waals surface area contributed by atoms with Crippen molar-refractivity contribution in [3.05, 3.63) is 46.5 Å². The third kappa shape index (κ3) is 1.67. The van der Waals surface area contributed by atoms with Crippen molar-refractivity contribution in [1.82, 2.24) is 0 Å². The van der Waals surface area contributed by atoms with Crippen LogP contribution in [0.25, 0.3) is 0 Å². The van der Waals surface area contributed by atoms with E-state index in [1.54, 1.807) is 11.1 Å². The van der Waals surface area contributed by atoms with Crippen LogP contribution in [0.4, 0.5) is 0 Å². The molecule has 0 aliphatic heterocycles. The van der Waals surface area contributed by atoms with Crippen molar-refractivity contribution in [2.75, 3.05) is 0 Å². The highest BCUT2D eigenvalue weighted by molar-refractivity contribution is 5.36. The highest BCUT2D eigenvalue weighted by Gasteiger charge is 2.12. The van der Waals surface area contributed by atoms with Crippen LogP contribution in [0.5, 0.6) is 0 Å². The molecule has 1 aromatic rings. The molecule has 0 atom stereocenters. The topological polar surface area (TPSA) is 0 Å². The van der Waals surface area contributed by atoms with Crippen molar-refractivity contribution in [2.45, 2.75) is 33.1 Å². The number of fused-ring (bicyclic) bond motifs is 1. The van der Waals surface area contributed by atoms with Crippen molar-refractivity contribution in [1.29, 1.82) is 0 Å². The zero-order valence-corrected chi connectivity index (χ0v) is 8.43. The molecule has 0 saturated carbocycles. The van der Waals surface area contributed by atoms with E-state index in [1.165, 1.54) is 30.4 Å². The van der Waals surface area contributed by atoms with Gasteiger partial charge in [-0.25, -0.2) is 0 Å². The summed E-state index contributed by atoms with van der Waals surface area (Å²) in [4.78, 5) is 0. The third-order valence-electron chi connectivity index (χ3n) is 2.93. The van der Waals surface area contributed by atoms with E-state index in [2.05, 4.69) is 38.1 Å². The molecule has 0 fully saturated rings. The molecule has 2 rings (SSSR count).